The van der Waals surface area contributed by atoms with Gasteiger partial charge in [0.25, 0.3) is 0 Å². The van der Waals surface area contributed by atoms with Crippen molar-refractivity contribution in [3.63, 3.8) is 0 Å². The van der Waals surface area contributed by atoms with Crippen molar-refractivity contribution >= 4 is 11.8 Å². The summed E-state index contributed by atoms with van der Waals surface area (Å²) in [7, 11) is 1.61. The van der Waals surface area contributed by atoms with Crippen molar-refractivity contribution in [1.82, 2.24) is 16.0 Å². The average molecular weight is 213 g/mol. The normalized spacial score (nSPS) is 23.9. The SMILES string of the molecule is CNC(=O)C(C)NC1CCCNC(=O)C1. The molecular formula is C10H19N3O2. The van der Waals surface area contributed by atoms with Gasteiger partial charge in [-0.25, -0.2) is 0 Å². The lowest BCUT2D eigenvalue weighted by atomic mass is 10.1. The second kappa shape index (κ2) is 5.70. The van der Waals surface area contributed by atoms with Crippen LogP contribution in [0.5, 0.6) is 0 Å². The van der Waals surface area contributed by atoms with Crippen LogP contribution in [-0.2, 0) is 9.59 Å². The van der Waals surface area contributed by atoms with E-state index in [-0.39, 0.29) is 23.9 Å². The Balaban J connectivity index is 2.42. The van der Waals surface area contributed by atoms with Gasteiger partial charge in [-0.2, -0.15) is 0 Å². The monoisotopic (exact) mass is 213 g/mol. The third kappa shape index (κ3) is 3.87. The first kappa shape index (κ1) is 12.0. The molecule has 3 N–H and O–H groups in total. The number of carbonyl (C=O) groups is 2. The zero-order chi connectivity index (χ0) is 11.3. The Bertz CT molecular complexity index is 243. The summed E-state index contributed by atoms with van der Waals surface area (Å²) in [4.78, 5) is 22.5. The van der Waals surface area contributed by atoms with E-state index in [0.717, 1.165) is 19.4 Å². The molecule has 0 bridgehead atoms. The molecule has 2 atom stereocenters. The zero-order valence-corrected chi connectivity index (χ0v) is 9.30. The number of carbonyl (C=O) groups excluding carboxylic acids is 2. The number of nitrogens with one attached hydrogen (secondary N) is 3. The summed E-state index contributed by atoms with van der Waals surface area (Å²) in [5.41, 5.74) is 0. The van der Waals surface area contributed by atoms with Crippen LogP contribution in [0.4, 0.5) is 0 Å². The molecule has 0 aromatic heterocycles. The molecule has 0 aliphatic carbocycles. The Morgan fingerprint density at radius 3 is 3.00 bits per heavy atom. The smallest absolute Gasteiger partial charge is 0.236 e. The molecule has 1 fully saturated rings. The van der Waals surface area contributed by atoms with Gasteiger partial charge in [0.1, 0.15) is 0 Å². The van der Waals surface area contributed by atoms with Gasteiger partial charge in [0.05, 0.1) is 6.04 Å². The fourth-order valence-corrected chi connectivity index (χ4v) is 1.76. The Hall–Kier alpha value is -1.10. The first-order valence-electron chi connectivity index (χ1n) is 5.38. The highest BCUT2D eigenvalue weighted by molar-refractivity contribution is 5.81. The predicted molar refractivity (Wildman–Crippen MR) is 57.3 cm³/mol. The van der Waals surface area contributed by atoms with Gasteiger partial charge in [-0.3, -0.25) is 9.59 Å². The largest absolute Gasteiger partial charge is 0.358 e. The van der Waals surface area contributed by atoms with E-state index in [2.05, 4.69) is 16.0 Å². The lowest BCUT2D eigenvalue weighted by molar-refractivity contribution is -0.124. The first-order valence-corrected chi connectivity index (χ1v) is 5.38. The van der Waals surface area contributed by atoms with Crippen molar-refractivity contribution < 1.29 is 9.59 Å². The molecule has 0 aromatic carbocycles. The summed E-state index contributed by atoms with van der Waals surface area (Å²) in [6.45, 7) is 2.55. The maximum absolute atomic E-state index is 11.3. The van der Waals surface area contributed by atoms with Crippen molar-refractivity contribution in [2.75, 3.05) is 13.6 Å². The molecule has 1 aliphatic rings. The third-order valence-electron chi connectivity index (χ3n) is 2.61. The summed E-state index contributed by atoms with van der Waals surface area (Å²) < 4.78 is 0. The van der Waals surface area contributed by atoms with Gasteiger partial charge in [0.2, 0.25) is 11.8 Å². The minimum absolute atomic E-state index is 0.0420. The number of amides is 2. The van der Waals surface area contributed by atoms with Crippen molar-refractivity contribution in [3.05, 3.63) is 0 Å². The van der Waals surface area contributed by atoms with Gasteiger partial charge >= 0.3 is 0 Å². The summed E-state index contributed by atoms with van der Waals surface area (Å²) in [5, 5.41) is 8.56. The van der Waals surface area contributed by atoms with E-state index in [1.165, 1.54) is 0 Å². The number of hydrogen-bond acceptors (Lipinski definition) is 3. The molecule has 0 saturated carbocycles. The van der Waals surface area contributed by atoms with Crippen LogP contribution >= 0.6 is 0 Å². The molecule has 86 valence electrons. The standard InChI is InChI=1S/C10H19N3O2/c1-7(10(15)11-2)13-8-4-3-5-12-9(14)6-8/h7-8,13H,3-6H2,1-2H3,(H,11,15)(H,12,14). The molecule has 1 heterocycles. The summed E-state index contributed by atoms with van der Waals surface area (Å²) in [6, 6.07) is -0.134. The minimum Gasteiger partial charge on any atom is -0.358 e. The van der Waals surface area contributed by atoms with Crippen LogP contribution in [0.2, 0.25) is 0 Å². The molecule has 5 heteroatoms. The Kier molecular flexibility index (Phi) is 4.55. The maximum Gasteiger partial charge on any atom is 0.236 e. The minimum atomic E-state index is -0.245. The highest BCUT2D eigenvalue weighted by atomic mass is 16.2. The van der Waals surface area contributed by atoms with Crippen LogP contribution in [0, 0.1) is 0 Å². The van der Waals surface area contributed by atoms with E-state index in [9.17, 15) is 9.59 Å². The molecule has 0 radical (unpaired) electrons. The average Bonchev–Trinajstić information content (AvgIpc) is 2.41. The van der Waals surface area contributed by atoms with Crippen LogP contribution in [0.25, 0.3) is 0 Å². The van der Waals surface area contributed by atoms with E-state index in [1.807, 2.05) is 6.92 Å². The van der Waals surface area contributed by atoms with Crippen molar-refractivity contribution in [2.24, 2.45) is 0 Å². The molecule has 1 saturated heterocycles. The van der Waals surface area contributed by atoms with Gasteiger partial charge < -0.3 is 16.0 Å². The fraction of sp³-hybridized carbons (Fsp3) is 0.800. The van der Waals surface area contributed by atoms with Crippen LogP contribution < -0.4 is 16.0 Å². The molecule has 2 amide bonds. The second-order valence-corrected chi connectivity index (χ2v) is 3.90. The maximum atomic E-state index is 11.3. The van der Waals surface area contributed by atoms with Crippen LogP contribution in [0.3, 0.4) is 0 Å². The summed E-state index contributed by atoms with van der Waals surface area (Å²) >= 11 is 0. The van der Waals surface area contributed by atoms with Gasteiger partial charge in [-0.05, 0) is 19.8 Å². The molecular weight excluding hydrogens is 194 g/mol. The quantitative estimate of drug-likeness (QED) is 0.585. The van der Waals surface area contributed by atoms with Gasteiger partial charge in [0, 0.05) is 26.1 Å². The molecule has 5 nitrogen and oxygen atoms in total. The van der Waals surface area contributed by atoms with Gasteiger partial charge in [0.15, 0.2) is 0 Å². The lowest BCUT2D eigenvalue weighted by Crippen LogP contribution is -2.46. The number of likely N-dealkylation sites (N-methyl/N-ethyl adjacent to an activating group) is 1. The Labute approximate surface area is 90.0 Å². The van der Waals surface area contributed by atoms with Crippen molar-refractivity contribution in [3.8, 4) is 0 Å². The highest BCUT2D eigenvalue weighted by Crippen LogP contribution is 2.06. The predicted octanol–water partition coefficient (Wildman–Crippen LogP) is -0.621. The van der Waals surface area contributed by atoms with Crippen LogP contribution in [-0.4, -0.2) is 37.5 Å². The number of hydrogen-bond donors (Lipinski definition) is 3. The van der Waals surface area contributed by atoms with Crippen LogP contribution in [0.15, 0.2) is 0 Å². The molecule has 1 rings (SSSR count). The van der Waals surface area contributed by atoms with Gasteiger partial charge in [-0.15, -0.1) is 0 Å². The Morgan fingerprint density at radius 2 is 2.33 bits per heavy atom. The third-order valence-corrected chi connectivity index (χ3v) is 2.61. The van der Waals surface area contributed by atoms with E-state index in [4.69, 9.17) is 0 Å². The molecule has 1 aliphatic heterocycles. The summed E-state index contributed by atoms with van der Waals surface area (Å²) in [5.74, 6) is 0.0220. The lowest BCUT2D eigenvalue weighted by Gasteiger charge is -2.19. The highest BCUT2D eigenvalue weighted by Gasteiger charge is 2.21. The van der Waals surface area contributed by atoms with E-state index in [1.54, 1.807) is 7.05 Å². The van der Waals surface area contributed by atoms with Gasteiger partial charge in [-0.1, -0.05) is 0 Å². The van der Waals surface area contributed by atoms with Crippen molar-refractivity contribution in [1.29, 1.82) is 0 Å². The first-order chi connectivity index (χ1) is 7.13. The van der Waals surface area contributed by atoms with E-state index in [0.29, 0.717) is 6.42 Å². The number of rotatable bonds is 3. The molecule has 15 heavy (non-hydrogen) atoms. The summed E-state index contributed by atoms with van der Waals surface area (Å²) in [6.07, 6.45) is 2.35. The van der Waals surface area contributed by atoms with Crippen LogP contribution in [0.1, 0.15) is 26.2 Å². The topological polar surface area (TPSA) is 70.2 Å². The fourth-order valence-electron chi connectivity index (χ4n) is 1.76. The second-order valence-electron chi connectivity index (χ2n) is 3.90. The molecule has 0 aromatic rings. The Morgan fingerprint density at radius 1 is 1.60 bits per heavy atom. The molecule has 0 spiro atoms. The zero-order valence-electron chi connectivity index (χ0n) is 9.30. The van der Waals surface area contributed by atoms with E-state index >= 15 is 0 Å². The molecule has 2 unspecified atom stereocenters. The van der Waals surface area contributed by atoms with E-state index < -0.39 is 0 Å². The van der Waals surface area contributed by atoms with Crippen molar-refractivity contribution in [2.45, 2.75) is 38.3 Å².